The fourth-order valence-corrected chi connectivity index (χ4v) is 3.75. The van der Waals surface area contributed by atoms with Crippen LogP contribution >= 0.6 is 0 Å². The Kier molecular flexibility index (Phi) is 6.16. The van der Waals surface area contributed by atoms with Gasteiger partial charge in [-0.3, -0.25) is 9.78 Å². The van der Waals surface area contributed by atoms with Gasteiger partial charge in [-0.2, -0.15) is 12.7 Å². The first kappa shape index (κ1) is 21.2. The quantitative estimate of drug-likeness (QED) is 0.575. The molecule has 0 saturated carbocycles. The van der Waals surface area contributed by atoms with Crippen molar-refractivity contribution in [2.45, 2.75) is 20.4 Å². The Hall–Kier alpha value is -2.55. The van der Waals surface area contributed by atoms with Crippen molar-refractivity contribution in [3.63, 3.8) is 0 Å². The first-order valence-corrected chi connectivity index (χ1v) is 10.9. The molecule has 2 aromatic heterocycles. The second-order valence-electron chi connectivity index (χ2n) is 7.40. The summed E-state index contributed by atoms with van der Waals surface area (Å²) in [7, 11) is -0.531. The predicted molar refractivity (Wildman–Crippen MR) is 115 cm³/mol. The Bertz CT molecular complexity index is 1120. The van der Waals surface area contributed by atoms with E-state index in [0.29, 0.717) is 12.1 Å². The molecular formula is C21H26N4O3S. The highest BCUT2D eigenvalue weighted by molar-refractivity contribution is 7.87. The van der Waals surface area contributed by atoms with Crippen molar-refractivity contribution in [2.75, 3.05) is 20.6 Å². The molecule has 0 unspecified atom stereocenters. The zero-order valence-electron chi connectivity index (χ0n) is 17.1. The number of fused-ring (bicyclic) bond motifs is 1. The average molecular weight is 415 g/mol. The molecule has 7 nitrogen and oxygen atoms in total. The van der Waals surface area contributed by atoms with Gasteiger partial charge in [-0.25, -0.2) is 4.72 Å². The molecule has 8 heteroatoms. The lowest BCUT2D eigenvalue weighted by Crippen LogP contribution is -2.37. The maximum atomic E-state index is 12.8. The maximum Gasteiger partial charge on any atom is 0.278 e. The largest absolute Gasteiger partial charge is 0.345 e. The molecule has 0 aliphatic heterocycles. The molecule has 1 aromatic carbocycles. The Balaban J connectivity index is 1.99. The van der Waals surface area contributed by atoms with Gasteiger partial charge in [0.25, 0.3) is 10.2 Å². The van der Waals surface area contributed by atoms with Gasteiger partial charge in [-0.05, 0) is 35.4 Å². The molecule has 154 valence electrons. The summed E-state index contributed by atoms with van der Waals surface area (Å²) >= 11 is 0. The van der Waals surface area contributed by atoms with Crippen LogP contribution in [0.5, 0.6) is 0 Å². The van der Waals surface area contributed by atoms with Gasteiger partial charge in [-0.15, -0.1) is 0 Å². The third kappa shape index (κ3) is 4.55. The lowest BCUT2D eigenvalue weighted by molar-refractivity contribution is 0.0941. The van der Waals surface area contributed by atoms with Crippen molar-refractivity contribution >= 4 is 26.9 Å². The molecule has 0 atom stereocenters. The van der Waals surface area contributed by atoms with Gasteiger partial charge in [0.05, 0.1) is 0 Å². The minimum atomic E-state index is -3.49. The van der Waals surface area contributed by atoms with Crippen molar-refractivity contribution in [3.8, 4) is 11.1 Å². The van der Waals surface area contributed by atoms with Gasteiger partial charge in [0, 0.05) is 68.2 Å². The minimum Gasteiger partial charge on any atom is -0.345 e. The number of Topliss-reactive ketones (excluding diaryl/α,β-unsaturated/α-hetero) is 1. The molecule has 0 amide bonds. The van der Waals surface area contributed by atoms with Crippen molar-refractivity contribution in [1.29, 1.82) is 0 Å². The molecule has 0 bridgehead atoms. The lowest BCUT2D eigenvalue weighted by Gasteiger charge is -2.13. The molecule has 0 saturated heterocycles. The van der Waals surface area contributed by atoms with Gasteiger partial charge in [0.1, 0.15) is 0 Å². The van der Waals surface area contributed by atoms with E-state index in [1.807, 2.05) is 54.9 Å². The van der Waals surface area contributed by atoms with Gasteiger partial charge in [0.2, 0.25) is 0 Å². The van der Waals surface area contributed by atoms with Crippen LogP contribution in [-0.4, -0.2) is 48.7 Å². The van der Waals surface area contributed by atoms with E-state index in [1.165, 1.54) is 14.1 Å². The highest BCUT2D eigenvalue weighted by Crippen LogP contribution is 2.29. The third-order valence-corrected chi connectivity index (χ3v) is 6.33. The van der Waals surface area contributed by atoms with Crippen molar-refractivity contribution in [1.82, 2.24) is 18.6 Å². The SMILES string of the molecule is CC(C)C(=O)c1cn(CCNS(=O)(=O)N(C)C)c2ccc(-c3ccncc3)cc12. The van der Waals surface area contributed by atoms with E-state index in [4.69, 9.17) is 0 Å². The zero-order valence-corrected chi connectivity index (χ0v) is 17.9. The fraction of sp³-hybridized carbons (Fsp3) is 0.333. The van der Waals surface area contributed by atoms with Crippen LogP contribution < -0.4 is 4.72 Å². The van der Waals surface area contributed by atoms with Crippen molar-refractivity contribution in [3.05, 3.63) is 54.5 Å². The number of nitrogens with zero attached hydrogens (tertiary/aromatic N) is 3. The van der Waals surface area contributed by atoms with Crippen LogP contribution in [0.15, 0.2) is 48.9 Å². The molecular weight excluding hydrogens is 388 g/mol. The molecule has 2 heterocycles. The van der Waals surface area contributed by atoms with E-state index >= 15 is 0 Å². The summed E-state index contributed by atoms with van der Waals surface area (Å²) in [5, 5.41) is 0.869. The van der Waals surface area contributed by atoms with E-state index in [1.54, 1.807) is 12.4 Å². The third-order valence-electron chi connectivity index (χ3n) is 4.80. The van der Waals surface area contributed by atoms with Crippen LogP contribution in [0.3, 0.4) is 0 Å². The van der Waals surface area contributed by atoms with Crippen molar-refractivity contribution < 1.29 is 13.2 Å². The number of pyridine rings is 1. The monoisotopic (exact) mass is 414 g/mol. The summed E-state index contributed by atoms with van der Waals surface area (Å²) in [5.41, 5.74) is 3.58. The molecule has 0 spiro atoms. The van der Waals surface area contributed by atoms with E-state index in [2.05, 4.69) is 9.71 Å². The lowest BCUT2D eigenvalue weighted by atomic mass is 9.98. The normalized spacial score (nSPS) is 12.2. The Morgan fingerprint density at radius 3 is 2.45 bits per heavy atom. The highest BCUT2D eigenvalue weighted by Gasteiger charge is 2.19. The molecule has 1 N–H and O–H groups in total. The second kappa shape index (κ2) is 8.44. The zero-order chi connectivity index (χ0) is 21.2. The molecule has 0 radical (unpaired) electrons. The van der Waals surface area contributed by atoms with Crippen LogP contribution in [0.25, 0.3) is 22.0 Å². The molecule has 0 aliphatic rings. The Morgan fingerprint density at radius 1 is 1.14 bits per heavy atom. The van der Waals surface area contributed by atoms with E-state index in [-0.39, 0.29) is 18.2 Å². The fourth-order valence-electron chi connectivity index (χ4n) is 3.14. The average Bonchev–Trinajstić information content (AvgIpc) is 3.05. The number of benzene rings is 1. The number of hydrogen-bond donors (Lipinski definition) is 1. The molecule has 29 heavy (non-hydrogen) atoms. The van der Waals surface area contributed by atoms with Gasteiger partial charge in [0.15, 0.2) is 5.78 Å². The van der Waals surface area contributed by atoms with Crippen LogP contribution in [0.2, 0.25) is 0 Å². The molecule has 0 aliphatic carbocycles. The summed E-state index contributed by atoms with van der Waals surface area (Å²) < 4.78 is 29.5. The maximum absolute atomic E-state index is 12.8. The van der Waals surface area contributed by atoms with Crippen LogP contribution in [0.1, 0.15) is 24.2 Å². The highest BCUT2D eigenvalue weighted by atomic mass is 32.2. The van der Waals surface area contributed by atoms with E-state index < -0.39 is 10.2 Å². The van der Waals surface area contributed by atoms with Crippen molar-refractivity contribution in [2.24, 2.45) is 5.92 Å². The number of ketones is 1. The molecule has 3 rings (SSSR count). The Morgan fingerprint density at radius 2 is 1.83 bits per heavy atom. The standard InChI is InChI=1S/C21H26N4O3S/c1-15(2)21(26)19-14-25(12-11-23-29(27,28)24(3)4)20-6-5-17(13-18(19)20)16-7-9-22-10-8-16/h5-10,13-15,23H,11-12H2,1-4H3. The number of carbonyl (C=O) groups excluding carboxylic acids is 1. The summed E-state index contributed by atoms with van der Waals surface area (Å²) in [5.74, 6) is -0.0691. The Labute approximate surface area is 171 Å². The first-order chi connectivity index (χ1) is 13.7. The first-order valence-electron chi connectivity index (χ1n) is 9.45. The minimum absolute atomic E-state index is 0.0644. The van der Waals surface area contributed by atoms with Gasteiger partial charge in [-0.1, -0.05) is 19.9 Å². The molecule has 0 fully saturated rings. The second-order valence-corrected chi connectivity index (χ2v) is 9.37. The number of rotatable bonds is 8. The predicted octanol–water partition coefficient (Wildman–Crippen LogP) is 2.94. The topological polar surface area (TPSA) is 84.3 Å². The summed E-state index contributed by atoms with van der Waals surface area (Å²) in [6.07, 6.45) is 5.30. The number of nitrogens with one attached hydrogen (secondary N) is 1. The van der Waals surface area contributed by atoms with E-state index in [9.17, 15) is 13.2 Å². The van der Waals surface area contributed by atoms with Gasteiger partial charge >= 0.3 is 0 Å². The van der Waals surface area contributed by atoms with Crippen LogP contribution in [-0.2, 0) is 16.8 Å². The number of aromatic nitrogens is 2. The number of hydrogen-bond acceptors (Lipinski definition) is 4. The van der Waals surface area contributed by atoms with E-state index in [0.717, 1.165) is 26.3 Å². The van der Waals surface area contributed by atoms with Crippen LogP contribution in [0.4, 0.5) is 0 Å². The summed E-state index contributed by atoms with van der Waals surface area (Å²) in [6, 6.07) is 9.85. The van der Waals surface area contributed by atoms with Crippen LogP contribution in [0, 0.1) is 5.92 Å². The smallest absolute Gasteiger partial charge is 0.278 e. The molecule has 3 aromatic rings. The summed E-state index contributed by atoms with van der Waals surface area (Å²) in [6.45, 7) is 4.40. The number of carbonyl (C=O) groups is 1. The van der Waals surface area contributed by atoms with Gasteiger partial charge < -0.3 is 4.57 Å². The summed E-state index contributed by atoms with van der Waals surface area (Å²) in [4.78, 5) is 16.9.